The molecule has 4 aromatic rings. The third-order valence-corrected chi connectivity index (χ3v) is 5.63. The standard InChI is InChI=1S/C21H20N6O2/c1-10-3-6-16(29)11(2)18(10)27-19(22)15(9-28)13-7-23-20(25-21(13)27)14-8-24-26-17(14)12-4-5-12/h3,6-9,12,29H,4-5,22H2,1-2H3,(H,24,26). The van der Waals surface area contributed by atoms with E-state index in [1.807, 2.05) is 19.9 Å². The van der Waals surface area contributed by atoms with Crippen LogP contribution in [0.4, 0.5) is 5.82 Å². The van der Waals surface area contributed by atoms with Gasteiger partial charge in [-0.2, -0.15) is 5.10 Å². The molecule has 0 amide bonds. The maximum Gasteiger partial charge on any atom is 0.165 e. The highest BCUT2D eigenvalue weighted by Gasteiger charge is 2.29. The highest BCUT2D eigenvalue weighted by Crippen LogP contribution is 2.43. The number of aldehydes is 1. The van der Waals surface area contributed by atoms with E-state index in [2.05, 4.69) is 15.2 Å². The fraction of sp³-hybridized carbons (Fsp3) is 0.238. The van der Waals surface area contributed by atoms with Gasteiger partial charge in [0.25, 0.3) is 0 Å². The molecule has 1 fully saturated rings. The number of anilines is 1. The van der Waals surface area contributed by atoms with Crippen molar-refractivity contribution >= 4 is 23.1 Å². The molecule has 5 rings (SSSR count). The fourth-order valence-electron chi connectivity index (χ4n) is 3.91. The predicted molar refractivity (Wildman–Crippen MR) is 109 cm³/mol. The lowest BCUT2D eigenvalue weighted by Crippen LogP contribution is -2.06. The Balaban J connectivity index is 1.82. The van der Waals surface area contributed by atoms with Crippen LogP contribution in [0.25, 0.3) is 28.1 Å². The molecule has 0 saturated heterocycles. The summed E-state index contributed by atoms with van der Waals surface area (Å²) in [4.78, 5) is 21.0. The van der Waals surface area contributed by atoms with Gasteiger partial charge in [-0.15, -0.1) is 0 Å². The van der Waals surface area contributed by atoms with Gasteiger partial charge in [-0.1, -0.05) is 6.07 Å². The minimum atomic E-state index is 0.152. The smallest absolute Gasteiger partial charge is 0.165 e. The predicted octanol–water partition coefficient (Wildman–Crippen LogP) is 3.41. The second-order valence-corrected chi connectivity index (χ2v) is 7.53. The van der Waals surface area contributed by atoms with E-state index in [0.717, 1.165) is 35.9 Å². The number of phenols is 1. The molecule has 0 atom stereocenters. The summed E-state index contributed by atoms with van der Waals surface area (Å²) in [5.74, 6) is 1.41. The van der Waals surface area contributed by atoms with Crippen LogP contribution in [0.1, 0.15) is 45.9 Å². The first-order valence-corrected chi connectivity index (χ1v) is 9.46. The van der Waals surface area contributed by atoms with E-state index in [-0.39, 0.29) is 11.6 Å². The van der Waals surface area contributed by atoms with Gasteiger partial charge in [0, 0.05) is 23.4 Å². The Morgan fingerprint density at radius 1 is 1.28 bits per heavy atom. The Morgan fingerprint density at radius 2 is 2.07 bits per heavy atom. The molecular weight excluding hydrogens is 368 g/mol. The van der Waals surface area contributed by atoms with Crippen molar-refractivity contribution in [2.45, 2.75) is 32.6 Å². The van der Waals surface area contributed by atoms with Crippen LogP contribution in [0.3, 0.4) is 0 Å². The quantitative estimate of drug-likeness (QED) is 0.461. The molecule has 29 heavy (non-hydrogen) atoms. The van der Waals surface area contributed by atoms with E-state index in [1.54, 1.807) is 23.0 Å². The van der Waals surface area contributed by atoms with E-state index in [9.17, 15) is 9.90 Å². The second-order valence-electron chi connectivity index (χ2n) is 7.53. The van der Waals surface area contributed by atoms with Gasteiger partial charge in [0.05, 0.1) is 28.4 Å². The topological polar surface area (TPSA) is 123 Å². The van der Waals surface area contributed by atoms with E-state index >= 15 is 0 Å². The van der Waals surface area contributed by atoms with Crippen molar-refractivity contribution in [3.63, 3.8) is 0 Å². The highest BCUT2D eigenvalue weighted by molar-refractivity contribution is 6.03. The number of H-pyrrole nitrogens is 1. The zero-order valence-corrected chi connectivity index (χ0v) is 16.1. The molecule has 1 saturated carbocycles. The van der Waals surface area contributed by atoms with Crippen LogP contribution in [-0.2, 0) is 0 Å². The lowest BCUT2D eigenvalue weighted by atomic mass is 10.1. The number of hydrogen-bond donors (Lipinski definition) is 3. The van der Waals surface area contributed by atoms with Crippen molar-refractivity contribution in [1.82, 2.24) is 24.7 Å². The molecule has 146 valence electrons. The Labute approximate surface area is 166 Å². The van der Waals surface area contributed by atoms with Gasteiger partial charge in [-0.05, 0) is 38.3 Å². The fourth-order valence-corrected chi connectivity index (χ4v) is 3.91. The number of aromatic nitrogens is 5. The lowest BCUT2D eigenvalue weighted by molar-refractivity contribution is 0.112. The number of phenolic OH excluding ortho intramolecular Hbond substituents is 1. The van der Waals surface area contributed by atoms with Gasteiger partial charge >= 0.3 is 0 Å². The van der Waals surface area contributed by atoms with Gasteiger partial charge in [0.1, 0.15) is 11.6 Å². The number of fused-ring (bicyclic) bond motifs is 1. The first-order valence-electron chi connectivity index (χ1n) is 9.46. The average Bonchev–Trinajstić information content (AvgIpc) is 3.38. The number of nitrogen functional groups attached to an aromatic ring is 1. The molecule has 8 nitrogen and oxygen atoms in total. The molecule has 3 aromatic heterocycles. The zero-order chi connectivity index (χ0) is 20.3. The van der Waals surface area contributed by atoms with E-state index < -0.39 is 0 Å². The molecule has 8 heteroatoms. The molecule has 0 aliphatic heterocycles. The van der Waals surface area contributed by atoms with Crippen molar-refractivity contribution in [2.75, 3.05) is 5.73 Å². The maximum atomic E-state index is 11.8. The summed E-state index contributed by atoms with van der Waals surface area (Å²) in [6.45, 7) is 3.74. The number of aromatic amines is 1. The Hall–Kier alpha value is -3.68. The molecular formula is C21H20N6O2. The summed E-state index contributed by atoms with van der Waals surface area (Å²) in [7, 11) is 0. The number of aryl methyl sites for hydroxylation is 1. The number of carbonyl (C=O) groups is 1. The summed E-state index contributed by atoms with van der Waals surface area (Å²) in [6.07, 6.45) is 6.33. The number of hydrogen-bond acceptors (Lipinski definition) is 6. The number of benzene rings is 1. The molecule has 1 aliphatic rings. The molecule has 1 aliphatic carbocycles. The Morgan fingerprint density at radius 3 is 2.79 bits per heavy atom. The lowest BCUT2D eigenvalue weighted by Gasteiger charge is -2.15. The van der Waals surface area contributed by atoms with Gasteiger partial charge in [-0.3, -0.25) is 14.5 Å². The van der Waals surface area contributed by atoms with E-state index in [4.69, 9.17) is 10.7 Å². The SMILES string of the molecule is Cc1ccc(O)c(C)c1-n1c(N)c(C=O)c2cnc(-c3cn[nH]c3C3CC3)nc21. The van der Waals surface area contributed by atoms with Crippen LogP contribution in [0.2, 0.25) is 0 Å². The minimum absolute atomic E-state index is 0.152. The first kappa shape index (κ1) is 17.4. The largest absolute Gasteiger partial charge is 0.508 e. The summed E-state index contributed by atoms with van der Waals surface area (Å²) in [5, 5.41) is 18.1. The number of nitrogens with zero attached hydrogens (tertiary/aromatic N) is 4. The van der Waals surface area contributed by atoms with Crippen molar-refractivity contribution in [3.8, 4) is 22.8 Å². The van der Waals surface area contributed by atoms with E-state index in [0.29, 0.717) is 39.6 Å². The summed E-state index contributed by atoms with van der Waals surface area (Å²) in [5.41, 5.74) is 11.4. The molecule has 0 spiro atoms. The van der Waals surface area contributed by atoms with E-state index in [1.165, 1.54) is 0 Å². The minimum Gasteiger partial charge on any atom is -0.508 e. The zero-order valence-electron chi connectivity index (χ0n) is 16.1. The van der Waals surface area contributed by atoms with Crippen LogP contribution in [0.15, 0.2) is 24.5 Å². The van der Waals surface area contributed by atoms with Crippen LogP contribution < -0.4 is 5.73 Å². The molecule has 3 heterocycles. The third-order valence-electron chi connectivity index (χ3n) is 5.63. The Bertz CT molecular complexity index is 1280. The molecule has 0 unspecified atom stereocenters. The normalized spacial score (nSPS) is 13.9. The van der Waals surface area contributed by atoms with Crippen molar-refractivity contribution < 1.29 is 9.90 Å². The molecule has 4 N–H and O–H groups in total. The van der Waals surface area contributed by atoms with Crippen LogP contribution in [0, 0.1) is 13.8 Å². The summed E-state index contributed by atoms with van der Waals surface area (Å²) < 4.78 is 1.73. The number of rotatable bonds is 4. The molecule has 0 radical (unpaired) electrons. The maximum absolute atomic E-state index is 11.8. The third kappa shape index (κ3) is 2.52. The van der Waals surface area contributed by atoms with Crippen LogP contribution in [0.5, 0.6) is 5.75 Å². The average molecular weight is 388 g/mol. The van der Waals surface area contributed by atoms with Gasteiger partial charge in [-0.25, -0.2) is 9.97 Å². The Kier molecular flexibility index (Phi) is 3.70. The number of carbonyl (C=O) groups excluding carboxylic acids is 1. The number of aromatic hydroxyl groups is 1. The number of nitrogens with two attached hydrogens (primary N) is 1. The van der Waals surface area contributed by atoms with Crippen LogP contribution >= 0.6 is 0 Å². The second kappa shape index (κ2) is 6.16. The highest BCUT2D eigenvalue weighted by atomic mass is 16.3. The number of nitrogens with one attached hydrogen (secondary N) is 1. The van der Waals surface area contributed by atoms with Crippen molar-refractivity contribution in [1.29, 1.82) is 0 Å². The monoisotopic (exact) mass is 388 g/mol. The molecule has 1 aromatic carbocycles. The van der Waals surface area contributed by atoms with Crippen molar-refractivity contribution in [2.24, 2.45) is 0 Å². The van der Waals surface area contributed by atoms with Crippen LogP contribution in [-0.4, -0.2) is 36.1 Å². The summed E-state index contributed by atoms with van der Waals surface area (Å²) in [6, 6.07) is 3.46. The van der Waals surface area contributed by atoms with Gasteiger partial charge in [0.15, 0.2) is 17.8 Å². The van der Waals surface area contributed by atoms with Crippen molar-refractivity contribution in [3.05, 3.63) is 46.9 Å². The van der Waals surface area contributed by atoms with Gasteiger partial charge < -0.3 is 10.8 Å². The summed E-state index contributed by atoms with van der Waals surface area (Å²) >= 11 is 0. The molecule has 0 bridgehead atoms. The van der Waals surface area contributed by atoms with Gasteiger partial charge in [0.2, 0.25) is 0 Å². The first-order chi connectivity index (χ1) is 14.0.